The molecule has 0 aliphatic carbocycles. The van der Waals surface area contributed by atoms with Crippen LogP contribution in [0.2, 0.25) is 5.02 Å². The maximum Gasteiger partial charge on any atom is -1.00 e. The van der Waals surface area contributed by atoms with Gasteiger partial charge >= 0.3 is 49.5 Å². The third kappa shape index (κ3) is 10.9. The van der Waals surface area contributed by atoms with Crippen molar-refractivity contribution in [2.75, 3.05) is 0 Å². The molecule has 0 spiro atoms. The summed E-state index contributed by atoms with van der Waals surface area (Å²) in [4.78, 5) is 0. The molecule has 0 radical (unpaired) electrons. The van der Waals surface area contributed by atoms with Crippen LogP contribution < -0.4 is 12.4 Å². The van der Waals surface area contributed by atoms with Gasteiger partial charge in [-0.3, -0.25) is 0 Å². The first-order chi connectivity index (χ1) is 2.91. The summed E-state index contributed by atoms with van der Waals surface area (Å²) in [5, 5.41) is 1.28. The maximum atomic E-state index is 2.65. The predicted octanol–water partition coefficient (Wildman–Crippen LogP) is -0.854. The Kier molecular flexibility index (Phi) is 15.5. The van der Waals surface area contributed by atoms with E-state index in [-0.39, 0.29) is 12.4 Å². The summed E-state index contributed by atoms with van der Waals surface area (Å²) in [6.07, 6.45) is 4.12. The fourth-order valence-corrected chi connectivity index (χ4v) is 0.773. The Morgan fingerprint density at radius 1 is 1.29 bits per heavy atom. The van der Waals surface area contributed by atoms with Crippen LogP contribution in [-0.4, -0.2) is 0 Å². The molecule has 0 aromatic rings. The molecule has 0 aromatic carbocycles. The predicted molar refractivity (Wildman–Crippen MR) is 24.3 cm³/mol. The molecule has 0 amide bonds. The van der Waals surface area contributed by atoms with E-state index in [1.807, 2.05) is 0 Å². The van der Waals surface area contributed by atoms with E-state index in [4.69, 9.17) is 0 Å². The molecule has 0 N–H and O–H groups in total. The van der Waals surface area contributed by atoms with Gasteiger partial charge in [-0.1, -0.05) is 0 Å². The van der Waals surface area contributed by atoms with Crippen LogP contribution in [0.3, 0.4) is 0 Å². The minimum Gasteiger partial charge on any atom is -1.00 e. The topological polar surface area (TPSA) is 0 Å². The molecule has 2 heteroatoms. The molecular formula is C5H11ClRu. The molecule has 0 bridgehead atoms. The summed E-state index contributed by atoms with van der Waals surface area (Å²) < 4.78 is 0. The summed E-state index contributed by atoms with van der Waals surface area (Å²) in [6.45, 7) is 2.22. The van der Waals surface area contributed by atoms with Crippen molar-refractivity contribution >= 4 is 0 Å². The van der Waals surface area contributed by atoms with Gasteiger partial charge in [0.15, 0.2) is 0 Å². The van der Waals surface area contributed by atoms with Crippen molar-refractivity contribution in [3.63, 3.8) is 0 Å². The van der Waals surface area contributed by atoms with E-state index in [0.717, 1.165) is 0 Å². The van der Waals surface area contributed by atoms with Crippen molar-refractivity contribution in [1.82, 2.24) is 0 Å². The number of hydrogen-bond acceptors (Lipinski definition) is 0. The number of rotatable bonds is 3. The molecule has 0 rings (SSSR count). The Labute approximate surface area is 62.2 Å². The summed E-state index contributed by atoms with van der Waals surface area (Å²) in [6, 6.07) is 0. The van der Waals surface area contributed by atoms with E-state index >= 15 is 0 Å². The Morgan fingerprint density at radius 3 is 2.00 bits per heavy atom. The number of halogens is 1. The van der Waals surface area contributed by atoms with Crippen LogP contribution in [0.4, 0.5) is 0 Å². The van der Waals surface area contributed by atoms with Crippen LogP contribution in [0.5, 0.6) is 0 Å². The Bertz CT molecular complexity index is 20.0. The zero-order valence-corrected chi connectivity index (χ0v) is 7.05. The molecule has 0 saturated carbocycles. The van der Waals surface area contributed by atoms with E-state index in [0.29, 0.717) is 0 Å². The van der Waals surface area contributed by atoms with Gasteiger partial charge in [0.2, 0.25) is 0 Å². The zero-order chi connectivity index (χ0) is 4.83. The first kappa shape index (κ1) is 10.8. The molecule has 7 heavy (non-hydrogen) atoms. The SMILES string of the molecule is CCCC[CH2][Ru+].[Cl-]. The van der Waals surface area contributed by atoms with Crippen molar-refractivity contribution < 1.29 is 30.7 Å². The third-order valence-corrected chi connectivity index (χ3v) is 1.34. The summed E-state index contributed by atoms with van der Waals surface area (Å²) >= 11 is 2.65. The van der Waals surface area contributed by atoms with Gasteiger partial charge in [-0.05, 0) is 0 Å². The minimum atomic E-state index is 0. The molecule has 0 aromatic heterocycles. The van der Waals surface area contributed by atoms with E-state index in [1.54, 1.807) is 0 Å². The second-order valence-corrected chi connectivity index (χ2v) is 2.25. The number of unbranched alkanes of at least 4 members (excludes halogenated alkanes) is 2. The van der Waals surface area contributed by atoms with Crippen molar-refractivity contribution in [1.29, 1.82) is 0 Å². The molecule has 0 nitrogen and oxygen atoms in total. The van der Waals surface area contributed by atoms with Crippen molar-refractivity contribution in [3.8, 4) is 0 Å². The summed E-state index contributed by atoms with van der Waals surface area (Å²) in [7, 11) is 0. The quantitative estimate of drug-likeness (QED) is 0.418. The van der Waals surface area contributed by atoms with E-state index in [2.05, 4.69) is 25.2 Å². The van der Waals surface area contributed by atoms with E-state index in [9.17, 15) is 0 Å². The molecule has 0 unspecified atom stereocenters. The standard InChI is InChI=1S/C5H11.ClH.Ru/c1-3-5-4-2;;/h1,3-5H2,2H3;1H;/q;;+1/p-1. The van der Waals surface area contributed by atoms with Crippen LogP contribution in [-0.2, 0) is 18.3 Å². The molecule has 0 aliphatic heterocycles. The average Bonchev–Trinajstić information content (AvgIpc) is 1.61. The Hall–Kier alpha value is 0.913. The van der Waals surface area contributed by atoms with Gasteiger partial charge in [0.05, 0.1) is 0 Å². The van der Waals surface area contributed by atoms with Gasteiger partial charge in [0.25, 0.3) is 0 Å². The molecule has 0 saturated heterocycles. The molecule has 0 fully saturated rings. The first-order valence-corrected chi connectivity index (χ1v) is 3.69. The van der Waals surface area contributed by atoms with Crippen LogP contribution in [0.25, 0.3) is 0 Å². The van der Waals surface area contributed by atoms with Gasteiger partial charge in [-0.2, -0.15) is 0 Å². The van der Waals surface area contributed by atoms with Crippen LogP contribution in [0.1, 0.15) is 26.2 Å². The van der Waals surface area contributed by atoms with E-state index in [1.165, 1.54) is 24.3 Å². The Balaban J connectivity index is 0. The van der Waals surface area contributed by atoms with Gasteiger partial charge in [-0.25, -0.2) is 0 Å². The van der Waals surface area contributed by atoms with Crippen LogP contribution in [0, 0.1) is 0 Å². The number of hydrogen-bond donors (Lipinski definition) is 0. The molecule has 0 heterocycles. The molecule has 46 valence electrons. The normalized spacial score (nSPS) is 7.71. The zero-order valence-electron chi connectivity index (χ0n) is 4.56. The van der Waals surface area contributed by atoms with Gasteiger partial charge in [0, 0.05) is 0 Å². The smallest absolute Gasteiger partial charge is 1.00 e. The second-order valence-electron chi connectivity index (χ2n) is 1.38. The van der Waals surface area contributed by atoms with Crippen molar-refractivity contribution in [2.24, 2.45) is 0 Å². The van der Waals surface area contributed by atoms with E-state index < -0.39 is 0 Å². The van der Waals surface area contributed by atoms with Crippen LogP contribution in [0.15, 0.2) is 0 Å². The second kappa shape index (κ2) is 10.0. The summed E-state index contributed by atoms with van der Waals surface area (Å²) in [5.41, 5.74) is 0. The van der Waals surface area contributed by atoms with Gasteiger partial charge in [0.1, 0.15) is 0 Å². The van der Waals surface area contributed by atoms with Crippen molar-refractivity contribution in [3.05, 3.63) is 0 Å². The average molecular weight is 208 g/mol. The van der Waals surface area contributed by atoms with Gasteiger partial charge < -0.3 is 12.4 Å². The van der Waals surface area contributed by atoms with Gasteiger partial charge in [-0.15, -0.1) is 0 Å². The Morgan fingerprint density at radius 2 is 1.86 bits per heavy atom. The molecule has 0 aliphatic rings. The monoisotopic (exact) mass is 208 g/mol. The third-order valence-electron chi connectivity index (χ3n) is 0.729. The molecule has 0 atom stereocenters. The first-order valence-electron chi connectivity index (χ1n) is 2.46. The minimum absolute atomic E-state index is 0. The molecular weight excluding hydrogens is 197 g/mol. The van der Waals surface area contributed by atoms with Crippen molar-refractivity contribution in [2.45, 2.75) is 31.2 Å². The fraction of sp³-hybridized carbons (Fsp3) is 1.00. The maximum absolute atomic E-state index is 2.65. The largest absolute Gasteiger partial charge is 1.00 e. The van der Waals surface area contributed by atoms with Crippen LogP contribution >= 0.6 is 0 Å². The fourth-order valence-electron chi connectivity index (χ4n) is 0.338. The summed E-state index contributed by atoms with van der Waals surface area (Å²) in [5.74, 6) is 0.